The number of carbonyl (C=O) groups is 1. The van der Waals surface area contributed by atoms with E-state index in [1.807, 2.05) is 35.4 Å². The summed E-state index contributed by atoms with van der Waals surface area (Å²) in [5.41, 5.74) is 3.12. The fraction of sp³-hybridized carbons (Fsp3) is 0.450. The van der Waals surface area contributed by atoms with Gasteiger partial charge >= 0.3 is 0 Å². The highest BCUT2D eigenvalue weighted by Crippen LogP contribution is 2.29. The Kier molecular flexibility index (Phi) is 4.38. The van der Waals surface area contributed by atoms with E-state index in [-0.39, 0.29) is 5.92 Å². The summed E-state index contributed by atoms with van der Waals surface area (Å²) in [5.74, 6) is 2.11. The van der Waals surface area contributed by atoms with Gasteiger partial charge in [0.1, 0.15) is 5.75 Å². The molecule has 2 heterocycles. The van der Waals surface area contributed by atoms with E-state index in [2.05, 4.69) is 4.98 Å². The molecule has 1 amide bonds. The summed E-state index contributed by atoms with van der Waals surface area (Å²) in [7, 11) is 1.66. The smallest absolute Gasteiger partial charge is 0.225 e. The van der Waals surface area contributed by atoms with Crippen LogP contribution >= 0.6 is 0 Å². The summed E-state index contributed by atoms with van der Waals surface area (Å²) in [5, 5.41) is 0. The van der Waals surface area contributed by atoms with E-state index in [0.717, 1.165) is 54.2 Å². The minimum atomic E-state index is 0.237. The van der Waals surface area contributed by atoms with Crippen molar-refractivity contribution in [2.45, 2.75) is 38.6 Å². The standard InChI is InChI=1S/C20H23N3O2/c1-25-17-8-6-14(7-9-17)19-21-12-16-13-23(11-10-18(16)22-19)20(24)15-4-2-3-5-15/h6-9,12,15H,2-5,10-11,13H2,1H3. The normalized spacial score (nSPS) is 17.4. The van der Waals surface area contributed by atoms with Crippen LogP contribution in [0.25, 0.3) is 11.4 Å². The van der Waals surface area contributed by atoms with Crippen molar-refractivity contribution in [2.75, 3.05) is 13.7 Å². The van der Waals surface area contributed by atoms with Gasteiger partial charge in [-0.05, 0) is 37.1 Å². The number of methoxy groups -OCH3 is 1. The number of hydrogen-bond donors (Lipinski definition) is 0. The Morgan fingerprint density at radius 1 is 1.20 bits per heavy atom. The van der Waals surface area contributed by atoms with Crippen LogP contribution in [0.1, 0.15) is 36.9 Å². The summed E-state index contributed by atoms with van der Waals surface area (Å²) >= 11 is 0. The molecule has 1 fully saturated rings. The first-order valence-electron chi connectivity index (χ1n) is 9.02. The highest BCUT2D eigenvalue weighted by atomic mass is 16.5. The van der Waals surface area contributed by atoms with Crippen LogP contribution in [-0.2, 0) is 17.8 Å². The Labute approximate surface area is 148 Å². The Balaban J connectivity index is 1.51. The molecule has 1 aromatic heterocycles. The van der Waals surface area contributed by atoms with Crippen LogP contribution in [-0.4, -0.2) is 34.4 Å². The molecule has 0 N–H and O–H groups in total. The summed E-state index contributed by atoms with van der Waals surface area (Å²) < 4.78 is 5.19. The topological polar surface area (TPSA) is 55.3 Å². The first-order valence-corrected chi connectivity index (χ1v) is 9.02. The first kappa shape index (κ1) is 16.1. The lowest BCUT2D eigenvalue weighted by molar-refractivity contribution is -0.136. The van der Waals surface area contributed by atoms with Crippen LogP contribution in [0.15, 0.2) is 30.5 Å². The zero-order chi connectivity index (χ0) is 17.2. The third kappa shape index (κ3) is 3.23. The van der Waals surface area contributed by atoms with Crippen molar-refractivity contribution in [2.24, 2.45) is 5.92 Å². The van der Waals surface area contributed by atoms with Crippen LogP contribution in [0.5, 0.6) is 5.75 Å². The minimum Gasteiger partial charge on any atom is -0.497 e. The third-order valence-corrected chi connectivity index (χ3v) is 5.30. The van der Waals surface area contributed by atoms with Crippen molar-refractivity contribution in [3.8, 4) is 17.1 Å². The van der Waals surface area contributed by atoms with Crippen molar-refractivity contribution in [1.29, 1.82) is 0 Å². The molecular formula is C20H23N3O2. The van der Waals surface area contributed by atoms with Gasteiger partial charge in [-0.25, -0.2) is 9.97 Å². The van der Waals surface area contributed by atoms with Gasteiger partial charge in [0.15, 0.2) is 5.82 Å². The first-order chi connectivity index (χ1) is 12.2. The van der Waals surface area contributed by atoms with E-state index in [9.17, 15) is 4.79 Å². The van der Waals surface area contributed by atoms with Crippen molar-refractivity contribution in [3.63, 3.8) is 0 Å². The zero-order valence-electron chi connectivity index (χ0n) is 14.6. The van der Waals surface area contributed by atoms with E-state index in [1.165, 1.54) is 12.8 Å². The third-order valence-electron chi connectivity index (χ3n) is 5.30. The second kappa shape index (κ2) is 6.82. The second-order valence-electron chi connectivity index (χ2n) is 6.89. The van der Waals surface area contributed by atoms with Crippen LogP contribution in [0.3, 0.4) is 0 Å². The maximum atomic E-state index is 12.6. The van der Waals surface area contributed by atoms with E-state index in [1.54, 1.807) is 7.11 Å². The van der Waals surface area contributed by atoms with Gasteiger partial charge in [0.25, 0.3) is 0 Å². The van der Waals surface area contributed by atoms with Gasteiger partial charge in [-0.3, -0.25) is 4.79 Å². The molecule has 0 radical (unpaired) electrons. The molecule has 2 aromatic rings. The molecule has 0 unspecified atom stereocenters. The largest absolute Gasteiger partial charge is 0.497 e. The molecule has 1 saturated carbocycles. The second-order valence-corrected chi connectivity index (χ2v) is 6.89. The van der Waals surface area contributed by atoms with Gasteiger partial charge in [0, 0.05) is 42.8 Å². The van der Waals surface area contributed by atoms with Crippen molar-refractivity contribution < 1.29 is 9.53 Å². The van der Waals surface area contributed by atoms with Crippen molar-refractivity contribution >= 4 is 5.91 Å². The molecule has 130 valence electrons. The monoisotopic (exact) mass is 337 g/mol. The van der Waals surface area contributed by atoms with Gasteiger partial charge in [-0.15, -0.1) is 0 Å². The molecule has 1 aliphatic carbocycles. The number of ether oxygens (including phenoxy) is 1. The lowest BCUT2D eigenvalue weighted by Gasteiger charge is -2.30. The van der Waals surface area contributed by atoms with E-state index >= 15 is 0 Å². The molecule has 0 bridgehead atoms. The van der Waals surface area contributed by atoms with E-state index < -0.39 is 0 Å². The molecule has 0 saturated heterocycles. The minimum absolute atomic E-state index is 0.237. The lowest BCUT2D eigenvalue weighted by Crippen LogP contribution is -2.39. The number of nitrogens with zero attached hydrogens (tertiary/aromatic N) is 3. The average molecular weight is 337 g/mol. The molecule has 5 heteroatoms. The number of amides is 1. The quantitative estimate of drug-likeness (QED) is 0.863. The highest BCUT2D eigenvalue weighted by Gasteiger charge is 2.29. The SMILES string of the molecule is COc1ccc(-c2ncc3c(n2)CCN(C(=O)C2CCCC2)C3)cc1. The van der Waals surface area contributed by atoms with Gasteiger partial charge in [-0.2, -0.15) is 0 Å². The van der Waals surface area contributed by atoms with Gasteiger partial charge < -0.3 is 9.64 Å². The summed E-state index contributed by atoms with van der Waals surface area (Å²) in [6, 6.07) is 7.78. The molecule has 2 aliphatic rings. The maximum absolute atomic E-state index is 12.6. The van der Waals surface area contributed by atoms with Gasteiger partial charge in [-0.1, -0.05) is 12.8 Å². The Bertz CT molecular complexity index is 767. The molecule has 1 aliphatic heterocycles. The lowest BCUT2D eigenvalue weighted by atomic mass is 10.0. The summed E-state index contributed by atoms with van der Waals surface area (Å²) in [4.78, 5) is 23.9. The van der Waals surface area contributed by atoms with Crippen molar-refractivity contribution in [3.05, 3.63) is 41.7 Å². The van der Waals surface area contributed by atoms with Crippen LogP contribution in [0, 0.1) is 5.92 Å². The summed E-state index contributed by atoms with van der Waals surface area (Å²) in [6.07, 6.45) is 7.17. The van der Waals surface area contributed by atoms with Gasteiger partial charge in [0.05, 0.1) is 12.8 Å². The fourth-order valence-corrected chi connectivity index (χ4v) is 3.81. The number of rotatable bonds is 3. The maximum Gasteiger partial charge on any atom is 0.225 e. The number of fused-ring (bicyclic) bond motifs is 1. The molecule has 25 heavy (non-hydrogen) atoms. The van der Waals surface area contributed by atoms with Crippen LogP contribution in [0.4, 0.5) is 0 Å². The molecule has 0 spiro atoms. The molecule has 0 atom stereocenters. The Morgan fingerprint density at radius 3 is 2.68 bits per heavy atom. The van der Waals surface area contributed by atoms with Gasteiger partial charge in [0.2, 0.25) is 5.91 Å². The average Bonchev–Trinajstić information content (AvgIpc) is 3.21. The number of aromatic nitrogens is 2. The van der Waals surface area contributed by atoms with Crippen molar-refractivity contribution in [1.82, 2.24) is 14.9 Å². The predicted molar refractivity (Wildman–Crippen MR) is 95.1 cm³/mol. The molecular weight excluding hydrogens is 314 g/mol. The number of carbonyl (C=O) groups excluding carboxylic acids is 1. The van der Waals surface area contributed by atoms with Crippen LogP contribution < -0.4 is 4.74 Å². The Hall–Kier alpha value is -2.43. The molecule has 5 nitrogen and oxygen atoms in total. The number of hydrogen-bond acceptors (Lipinski definition) is 4. The Morgan fingerprint density at radius 2 is 1.96 bits per heavy atom. The zero-order valence-corrected chi connectivity index (χ0v) is 14.6. The number of benzene rings is 1. The van der Waals surface area contributed by atoms with E-state index in [4.69, 9.17) is 9.72 Å². The highest BCUT2D eigenvalue weighted by molar-refractivity contribution is 5.79. The van der Waals surface area contributed by atoms with Crippen LogP contribution in [0.2, 0.25) is 0 Å². The van der Waals surface area contributed by atoms with E-state index in [0.29, 0.717) is 12.5 Å². The molecule has 4 rings (SSSR count). The predicted octanol–water partition coefficient (Wildman–Crippen LogP) is 3.23. The fourth-order valence-electron chi connectivity index (χ4n) is 3.81. The molecule has 1 aromatic carbocycles. The summed E-state index contributed by atoms with van der Waals surface area (Å²) in [6.45, 7) is 1.41.